The molecule has 0 bridgehead atoms. The zero-order valence-corrected chi connectivity index (χ0v) is 14.8. The number of carboxylic acids is 1. The van der Waals surface area contributed by atoms with Crippen molar-refractivity contribution < 1.29 is 19.4 Å². The van der Waals surface area contributed by atoms with E-state index in [9.17, 15) is 14.7 Å². The summed E-state index contributed by atoms with van der Waals surface area (Å²) in [4.78, 5) is 24.4. The van der Waals surface area contributed by atoms with Crippen LogP contribution in [0.2, 0.25) is 0 Å². The van der Waals surface area contributed by atoms with Gasteiger partial charge in [-0.3, -0.25) is 4.79 Å². The van der Waals surface area contributed by atoms with E-state index in [2.05, 4.69) is 12.2 Å². The summed E-state index contributed by atoms with van der Waals surface area (Å²) >= 11 is 0. The Morgan fingerprint density at radius 1 is 1.08 bits per heavy atom. The number of carboxylic acid groups (broad SMARTS) is 1. The van der Waals surface area contributed by atoms with E-state index in [0.29, 0.717) is 23.3 Å². The Hall–Kier alpha value is -2.66. The van der Waals surface area contributed by atoms with Crippen molar-refractivity contribution in [1.82, 2.24) is 5.32 Å². The van der Waals surface area contributed by atoms with Crippen molar-refractivity contribution in [2.45, 2.75) is 38.3 Å². The summed E-state index contributed by atoms with van der Waals surface area (Å²) in [5, 5.41) is 12.6. The van der Waals surface area contributed by atoms with Crippen LogP contribution in [0, 0.1) is 0 Å². The summed E-state index contributed by atoms with van der Waals surface area (Å²) in [7, 11) is 0. The first kappa shape index (κ1) is 18.1. The quantitative estimate of drug-likeness (QED) is 0.859. The molecule has 2 aromatic carbocycles. The molecular formula is C21H23NO4. The summed E-state index contributed by atoms with van der Waals surface area (Å²) in [6, 6.07) is 13.9. The van der Waals surface area contributed by atoms with Crippen LogP contribution < -0.4 is 5.32 Å². The van der Waals surface area contributed by atoms with Crippen LogP contribution in [0.1, 0.15) is 46.9 Å². The van der Waals surface area contributed by atoms with Crippen LogP contribution in [0.15, 0.2) is 48.5 Å². The van der Waals surface area contributed by atoms with E-state index in [1.54, 1.807) is 42.5 Å². The van der Waals surface area contributed by atoms with E-state index >= 15 is 0 Å². The molecule has 1 heterocycles. The first-order chi connectivity index (χ1) is 12.6. The summed E-state index contributed by atoms with van der Waals surface area (Å²) in [6.07, 6.45) is 2.69. The first-order valence-electron chi connectivity index (χ1n) is 8.94. The summed E-state index contributed by atoms with van der Waals surface area (Å²) in [6.45, 7) is 2.72. The zero-order valence-electron chi connectivity index (χ0n) is 14.8. The van der Waals surface area contributed by atoms with E-state index in [0.717, 1.165) is 19.3 Å². The highest BCUT2D eigenvalue weighted by Crippen LogP contribution is 2.28. The lowest BCUT2D eigenvalue weighted by molar-refractivity contribution is 0.000624. The second-order valence-corrected chi connectivity index (χ2v) is 6.49. The van der Waals surface area contributed by atoms with Gasteiger partial charge in [-0.2, -0.15) is 0 Å². The predicted octanol–water partition coefficient (Wildman–Crippen LogP) is 3.74. The minimum atomic E-state index is -1.01. The number of hydrogen-bond donors (Lipinski definition) is 2. The topological polar surface area (TPSA) is 75.6 Å². The Morgan fingerprint density at radius 2 is 1.69 bits per heavy atom. The number of ether oxygens (including phenoxy) is 1. The fourth-order valence-electron chi connectivity index (χ4n) is 3.38. The van der Waals surface area contributed by atoms with Gasteiger partial charge in [0.05, 0.1) is 11.7 Å². The second-order valence-electron chi connectivity index (χ2n) is 6.49. The Bertz CT molecular complexity index is 802. The third-order valence-corrected chi connectivity index (χ3v) is 4.78. The molecule has 0 saturated carbocycles. The van der Waals surface area contributed by atoms with Gasteiger partial charge in [0, 0.05) is 18.2 Å². The molecule has 5 nitrogen and oxygen atoms in total. The van der Waals surface area contributed by atoms with Crippen LogP contribution in [0.25, 0.3) is 11.1 Å². The van der Waals surface area contributed by atoms with Gasteiger partial charge in [0.15, 0.2) is 0 Å². The number of carbonyl (C=O) groups excluding carboxylic acids is 1. The molecular weight excluding hydrogens is 330 g/mol. The van der Waals surface area contributed by atoms with E-state index in [1.807, 2.05) is 6.07 Å². The van der Waals surface area contributed by atoms with Gasteiger partial charge in [0.25, 0.3) is 5.91 Å². The number of benzene rings is 2. The van der Waals surface area contributed by atoms with Crippen LogP contribution in [0.5, 0.6) is 0 Å². The van der Waals surface area contributed by atoms with Gasteiger partial charge in [-0.15, -0.1) is 0 Å². The SMILES string of the molecule is CCC1CC(NC(=O)c2ccccc2-c2ccccc2C(=O)O)CCO1. The second kappa shape index (κ2) is 8.15. The molecule has 5 heteroatoms. The largest absolute Gasteiger partial charge is 0.478 e. The van der Waals surface area contributed by atoms with Gasteiger partial charge in [-0.1, -0.05) is 43.3 Å². The van der Waals surface area contributed by atoms with Crippen molar-refractivity contribution in [2.75, 3.05) is 6.61 Å². The van der Waals surface area contributed by atoms with E-state index in [-0.39, 0.29) is 23.6 Å². The lowest BCUT2D eigenvalue weighted by Crippen LogP contribution is -2.42. The maximum atomic E-state index is 12.9. The number of carbonyl (C=O) groups is 2. The molecule has 2 atom stereocenters. The van der Waals surface area contributed by atoms with E-state index < -0.39 is 5.97 Å². The van der Waals surface area contributed by atoms with E-state index in [1.165, 1.54) is 0 Å². The standard InChI is InChI=1S/C21H23NO4/c1-2-15-13-14(11-12-26-15)22-20(23)18-9-5-3-7-16(18)17-8-4-6-10-19(17)21(24)25/h3-10,14-15H,2,11-13H2,1H3,(H,22,23)(H,24,25). The highest BCUT2D eigenvalue weighted by molar-refractivity contribution is 6.04. The Kier molecular flexibility index (Phi) is 5.68. The molecule has 26 heavy (non-hydrogen) atoms. The van der Waals surface area contributed by atoms with Gasteiger partial charge >= 0.3 is 5.97 Å². The van der Waals surface area contributed by atoms with Gasteiger partial charge in [0.2, 0.25) is 0 Å². The van der Waals surface area contributed by atoms with Gasteiger partial charge in [0.1, 0.15) is 0 Å². The number of amides is 1. The highest BCUT2D eigenvalue weighted by Gasteiger charge is 2.24. The fourth-order valence-corrected chi connectivity index (χ4v) is 3.38. The molecule has 2 N–H and O–H groups in total. The van der Waals surface area contributed by atoms with Crippen LogP contribution >= 0.6 is 0 Å². The van der Waals surface area contributed by atoms with Gasteiger partial charge in [-0.25, -0.2) is 4.79 Å². The molecule has 0 aliphatic carbocycles. The van der Waals surface area contributed by atoms with Gasteiger partial charge < -0.3 is 15.2 Å². The molecule has 136 valence electrons. The molecule has 1 aliphatic heterocycles. The first-order valence-corrected chi connectivity index (χ1v) is 8.94. The van der Waals surface area contributed by atoms with Crippen molar-refractivity contribution in [1.29, 1.82) is 0 Å². The fraction of sp³-hybridized carbons (Fsp3) is 0.333. The third kappa shape index (κ3) is 3.94. The van der Waals surface area contributed by atoms with Crippen molar-refractivity contribution in [3.8, 4) is 11.1 Å². The predicted molar refractivity (Wildman–Crippen MR) is 99.4 cm³/mol. The molecule has 1 fully saturated rings. The number of nitrogens with one attached hydrogen (secondary N) is 1. The Morgan fingerprint density at radius 3 is 2.35 bits per heavy atom. The molecule has 1 amide bonds. The van der Waals surface area contributed by atoms with Crippen molar-refractivity contribution in [3.63, 3.8) is 0 Å². The molecule has 1 saturated heterocycles. The molecule has 1 aliphatic rings. The van der Waals surface area contributed by atoms with Crippen LogP contribution in [0.3, 0.4) is 0 Å². The molecule has 0 aromatic heterocycles. The smallest absolute Gasteiger partial charge is 0.336 e. The average Bonchev–Trinajstić information content (AvgIpc) is 2.68. The lowest BCUT2D eigenvalue weighted by atomic mass is 9.94. The molecule has 2 aromatic rings. The molecule has 0 spiro atoms. The normalized spacial score (nSPS) is 19.7. The maximum Gasteiger partial charge on any atom is 0.336 e. The minimum absolute atomic E-state index is 0.0731. The number of rotatable bonds is 5. The third-order valence-electron chi connectivity index (χ3n) is 4.78. The zero-order chi connectivity index (χ0) is 18.5. The minimum Gasteiger partial charge on any atom is -0.478 e. The van der Waals surface area contributed by atoms with Crippen molar-refractivity contribution >= 4 is 11.9 Å². The van der Waals surface area contributed by atoms with Crippen molar-refractivity contribution in [3.05, 3.63) is 59.7 Å². The average molecular weight is 353 g/mol. The highest BCUT2D eigenvalue weighted by atomic mass is 16.5. The molecule has 0 radical (unpaired) electrons. The molecule has 3 rings (SSSR count). The monoisotopic (exact) mass is 353 g/mol. The molecule has 2 unspecified atom stereocenters. The Balaban J connectivity index is 1.88. The number of aromatic carboxylic acids is 1. The van der Waals surface area contributed by atoms with Crippen molar-refractivity contribution in [2.24, 2.45) is 0 Å². The van der Waals surface area contributed by atoms with Crippen LogP contribution in [-0.4, -0.2) is 35.7 Å². The summed E-state index contributed by atoms with van der Waals surface area (Å²) in [5.41, 5.74) is 1.84. The Labute approximate surface area is 153 Å². The van der Waals surface area contributed by atoms with E-state index in [4.69, 9.17) is 4.74 Å². The number of hydrogen-bond acceptors (Lipinski definition) is 3. The summed E-state index contributed by atoms with van der Waals surface area (Å²) in [5.74, 6) is -1.19. The lowest BCUT2D eigenvalue weighted by Gasteiger charge is -2.29. The summed E-state index contributed by atoms with van der Waals surface area (Å²) < 4.78 is 5.66. The maximum absolute atomic E-state index is 12.9. The van der Waals surface area contributed by atoms with Crippen LogP contribution in [0.4, 0.5) is 0 Å². The van der Waals surface area contributed by atoms with Gasteiger partial charge in [-0.05, 0) is 42.5 Å². The van der Waals surface area contributed by atoms with Crippen LogP contribution in [-0.2, 0) is 4.74 Å².